The van der Waals surface area contributed by atoms with Gasteiger partial charge in [-0.05, 0) is 47.7 Å². The van der Waals surface area contributed by atoms with E-state index in [4.69, 9.17) is 19.7 Å². The lowest BCUT2D eigenvalue weighted by Crippen LogP contribution is -2.47. The van der Waals surface area contributed by atoms with Gasteiger partial charge >= 0.3 is 5.97 Å². The van der Waals surface area contributed by atoms with Gasteiger partial charge in [-0.1, -0.05) is 129 Å². The maximum Gasteiger partial charge on any atom is 0.326 e. The molecule has 1 aromatic carbocycles. The number of cyclic esters (lactones) is 1. The van der Waals surface area contributed by atoms with Gasteiger partial charge < -0.3 is 14.9 Å². The molecule has 1 saturated carbocycles. The number of hydroxylamine groups is 2. The van der Waals surface area contributed by atoms with Gasteiger partial charge in [0.15, 0.2) is 8.32 Å². The number of nitrogens with two attached hydrogens (primary N) is 1. The summed E-state index contributed by atoms with van der Waals surface area (Å²) < 4.78 is 12.9. The smallest absolute Gasteiger partial charge is 0.326 e. The lowest BCUT2D eigenvalue weighted by atomic mass is 9.91. The molecule has 0 radical (unpaired) electrons. The Hall–Kier alpha value is -1.69. The second-order valence-electron chi connectivity index (χ2n) is 14.3. The summed E-state index contributed by atoms with van der Waals surface area (Å²) in [4.78, 5) is 19.6. The summed E-state index contributed by atoms with van der Waals surface area (Å²) >= 11 is 0. The highest BCUT2D eigenvalue weighted by molar-refractivity contribution is 6.76. The summed E-state index contributed by atoms with van der Waals surface area (Å²) in [5.74, 6) is 6.67. The van der Waals surface area contributed by atoms with Crippen LogP contribution in [-0.4, -0.2) is 50.8 Å². The van der Waals surface area contributed by atoms with E-state index in [1.165, 1.54) is 83.1 Å². The van der Waals surface area contributed by atoms with E-state index in [-0.39, 0.29) is 24.1 Å². The normalized spacial score (nSPS) is 25.9. The molecule has 2 saturated heterocycles. The summed E-state index contributed by atoms with van der Waals surface area (Å²) in [6.07, 6.45) is 16.3. The Morgan fingerprint density at radius 1 is 1.02 bits per heavy atom. The summed E-state index contributed by atoms with van der Waals surface area (Å²) in [5.41, 5.74) is 8.56. The minimum atomic E-state index is -2.10. The molecule has 2 aliphatic heterocycles. The topological polar surface area (TPSA) is 74.0 Å². The van der Waals surface area contributed by atoms with Crippen molar-refractivity contribution < 1.29 is 18.8 Å². The van der Waals surface area contributed by atoms with Gasteiger partial charge in [0.1, 0.15) is 18.2 Å². The number of hydrogen-bond donors (Lipinski definition) is 1. The number of nitrogens with zero attached hydrogens (tertiary/aromatic N) is 1. The monoisotopic (exact) mass is 624 g/mol. The number of fused-ring (bicyclic) bond motifs is 1. The average molecular weight is 625 g/mol. The fourth-order valence-electron chi connectivity index (χ4n) is 8.14. The Morgan fingerprint density at radius 2 is 1.68 bits per heavy atom. The van der Waals surface area contributed by atoms with Gasteiger partial charge in [0.25, 0.3) is 0 Å². The van der Waals surface area contributed by atoms with Crippen molar-refractivity contribution in [2.24, 2.45) is 17.6 Å². The number of rotatable bonds is 11. The molecule has 4 rings (SSSR count). The van der Waals surface area contributed by atoms with Crippen LogP contribution < -0.4 is 5.73 Å². The molecule has 1 aliphatic carbocycles. The number of ether oxygens (including phenoxy) is 1. The Morgan fingerprint density at radius 3 is 2.32 bits per heavy atom. The zero-order valence-corrected chi connectivity index (χ0v) is 29.3. The first-order valence-corrected chi connectivity index (χ1v) is 20.1. The van der Waals surface area contributed by atoms with Crippen molar-refractivity contribution in [1.29, 1.82) is 0 Å². The largest absolute Gasteiger partial charge is 0.461 e. The molecule has 246 valence electrons. The molecule has 0 amide bonds. The van der Waals surface area contributed by atoms with Crippen LogP contribution in [0.4, 0.5) is 0 Å². The Bertz CT molecular complexity index is 1080. The molecule has 1 aromatic rings. The minimum Gasteiger partial charge on any atom is -0.461 e. The Kier molecular flexibility index (Phi) is 13.8. The molecule has 0 bridgehead atoms. The van der Waals surface area contributed by atoms with Crippen LogP contribution in [0.1, 0.15) is 123 Å². The number of carbonyl (C=O) groups excluding carboxylic acids is 1. The predicted octanol–water partition coefficient (Wildman–Crippen LogP) is 8.14. The van der Waals surface area contributed by atoms with Crippen LogP contribution in [0.5, 0.6) is 0 Å². The number of hydrogen-bond acceptors (Lipinski definition) is 6. The SMILES string of the molecule is CC(C)[Si](CCCC1CCCCCCCCCC1)(OC[C@@H]1ON(Cc2cccc(C#CCN)c2)[C@@H]2C(=O)O[C@@H](C)[C@H]12)C(C)C. The van der Waals surface area contributed by atoms with Gasteiger partial charge in [-0.2, -0.15) is 5.06 Å². The molecule has 6 nitrogen and oxygen atoms in total. The summed E-state index contributed by atoms with van der Waals surface area (Å²) in [5, 5.41) is 1.84. The molecule has 0 unspecified atom stereocenters. The van der Waals surface area contributed by atoms with Crippen molar-refractivity contribution in [3.8, 4) is 11.8 Å². The van der Waals surface area contributed by atoms with E-state index < -0.39 is 14.4 Å². The van der Waals surface area contributed by atoms with Crippen LogP contribution in [0, 0.1) is 23.7 Å². The van der Waals surface area contributed by atoms with Crippen LogP contribution >= 0.6 is 0 Å². The van der Waals surface area contributed by atoms with Gasteiger partial charge in [0.05, 0.1) is 25.6 Å². The highest BCUT2D eigenvalue weighted by Crippen LogP contribution is 2.43. The van der Waals surface area contributed by atoms with Crippen molar-refractivity contribution >= 4 is 14.3 Å². The van der Waals surface area contributed by atoms with Gasteiger partial charge in [-0.25, -0.2) is 0 Å². The third-order valence-corrected chi connectivity index (χ3v) is 16.4. The average Bonchev–Trinajstić information content (AvgIpc) is 3.48. The lowest BCUT2D eigenvalue weighted by Gasteiger charge is -2.40. The molecule has 3 aliphatic rings. The first-order chi connectivity index (χ1) is 21.2. The van der Waals surface area contributed by atoms with E-state index in [0.29, 0.717) is 30.8 Å². The standard InChI is InChI=1S/C37H60N2O4Si/c1-28(2)44(29(3)4,24-16-22-31-17-12-10-8-6-7-9-11-13-18-31)41-27-34-35-30(5)42-37(40)36(35)39(43-34)26-33-20-14-19-32(25-33)21-15-23-38/h14,19-20,25,28-31,34-36H,6-13,16-18,22-24,26-27,38H2,1-5H3/t30-,34-,35+,36-/m0/s1. The van der Waals surface area contributed by atoms with Crippen molar-refractivity contribution in [1.82, 2.24) is 5.06 Å². The van der Waals surface area contributed by atoms with E-state index in [1.54, 1.807) is 0 Å². The summed E-state index contributed by atoms with van der Waals surface area (Å²) in [7, 11) is -2.10. The second-order valence-corrected chi connectivity index (χ2v) is 19.3. The highest BCUT2D eigenvalue weighted by Gasteiger charge is 2.57. The van der Waals surface area contributed by atoms with Gasteiger partial charge in [0, 0.05) is 5.56 Å². The van der Waals surface area contributed by atoms with Crippen molar-refractivity contribution in [2.75, 3.05) is 13.2 Å². The van der Waals surface area contributed by atoms with E-state index in [2.05, 4.69) is 45.6 Å². The summed E-state index contributed by atoms with van der Waals surface area (Å²) in [6.45, 7) is 12.8. The molecule has 0 spiro atoms. The zero-order valence-electron chi connectivity index (χ0n) is 28.3. The first-order valence-electron chi connectivity index (χ1n) is 17.8. The third-order valence-electron chi connectivity index (χ3n) is 10.7. The lowest BCUT2D eigenvalue weighted by molar-refractivity contribution is -0.195. The van der Waals surface area contributed by atoms with E-state index in [1.807, 2.05) is 30.2 Å². The Balaban J connectivity index is 1.41. The Labute approximate surface area is 269 Å². The predicted molar refractivity (Wildman–Crippen MR) is 181 cm³/mol. The van der Waals surface area contributed by atoms with Crippen molar-refractivity contribution in [3.63, 3.8) is 0 Å². The molecule has 2 heterocycles. The van der Waals surface area contributed by atoms with E-state index >= 15 is 0 Å². The van der Waals surface area contributed by atoms with Crippen molar-refractivity contribution in [3.05, 3.63) is 35.4 Å². The van der Waals surface area contributed by atoms with Crippen LogP contribution in [-0.2, 0) is 25.3 Å². The van der Waals surface area contributed by atoms with Crippen LogP contribution in [0.15, 0.2) is 24.3 Å². The quantitative estimate of drug-likeness (QED) is 0.152. The molecular weight excluding hydrogens is 565 g/mol. The molecule has 2 N–H and O–H groups in total. The fraction of sp³-hybridized carbons (Fsp3) is 0.757. The summed E-state index contributed by atoms with van der Waals surface area (Å²) in [6, 6.07) is 8.85. The van der Waals surface area contributed by atoms with E-state index in [0.717, 1.165) is 17.0 Å². The maximum atomic E-state index is 13.0. The van der Waals surface area contributed by atoms with Crippen molar-refractivity contribution in [2.45, 2.75) is 154 Å². The first kappa shape index (κ1) is 35.2. The van der Waals surface area contributed by atoms with E-state index in [9.17, 15) is 4.79 Å². The van der Waals surface area contributed by atoms with Crippen LogP contribution in [0.2, 0.25) is 17.1 Å². The zero-order chi connectivity index (χ0) is 31.5. The third kappa shape index (κ3) is 9.19. The van der Waals surface area contributed by atoms with Gasteiger partial charge in [-0.3, -0.25) is 9.63 Å². The molecule has 3 fully saturated rings. The number of carbonyl (C=O) groups is 1. The number of benzene rings is 1. The molecule has 44 heavy (non-hydrogen) atoms. The van der Waals surface area contributed by atoms with Gasteiger partial charge in [0.2, 0.25) is 0 Å². The molecular formula is C37H60N2O4Si. The maximum absolute atomic E-state index is 13.0. The van der Waals surface area contributed by atoms with Gasteiger partial charge in [-0.15, -0.1) is 0 Å². The molecule has 0 aromatic heterocycles. The molecule has 4 atom stereocenters. The number of esters is 1. The highest BCUT2D eigenvalue weighted by atomic mass is 28.4. The molecule has 7 heteroatoms. The minimum absolute atomic E-state index is 0.0410. The van der Waals surface area contributed by atoms with Crippen LogP contribution in [0.25, 0.3) is 0 Å². The van der Waals surface area contributed by atoms with Crippen LogP contribution in [0.3, 0.4) is 0 Å². The second kappa shape index (κ2) is 17.3. The fourth-order valence-corrected chi connectivity index (χ4v) is 12.7.